The Labute approximate surface area is 96.9 Å². The Morgan fingerprint density at radius 2 is 2.27 bits per heavy atom. The highest BCUT2D eigenvalue weighted by molar-refractivity contribution is 7.92. The normalized spacial score (nSPS) is 23.9. The monoisotopic (exact) mass is 250 g/mol. The molecule has 1 atom stereocenters. The standard InChI is InChI=1S/C9H18N2O2S2/c1-2-8-4-3-5-11(6-8)15(12,13)7-9(10)14/h8H,2-7H2,1H3,(H2,10,14). The van der Waals surface area contributed by atoms with E-state index in [1.807, 2.05) is 0 Å². The van der Waals surface area contributed by atoms with Gasteiger partial charge in [-0.1, -0.05) is 25.6 Å². The van der Waals surface area contributed by atoms with Gasteiger partial charge < -0.3 is 5.73 Å². The molecule has 88 valence electrons. The molecular weight excluding hydrogens is 232 g/mol. The lowest BCUT2D eigenvalue weighted by molar-refractivity contribution is 0.262. The SMILES string of the molecule is CCC1CCCN(S(=O)(=O)CC(N)=S)C1. The van der Waals surface area contributed by atoms with Gasteiger partial charge in [-0.15, -0.1) is 0 Å². The van der Waals surface area contributed by atoms with E-state index in [4.69, 9.17) is 5.73 Å². The van der Waals surface area contributed by atoms with Crippen LogP contribution in [0.15, 0.2) is 0 Å². The molecule has 1 heterocycles. The maximum absolute atomic E-state index is 11.8. The van der Waals surface area contributed by atoms with Crippen LogP contribution in [0.3, 0.4) is 0 Å². The highest BCUT2D eigenvalue weighted by atomic mass is 32.2. The van der Waals surface area contributed by atoms with Crippen molar-refractivity contribution in [1.82, 2.24) is 4.31 Å². The smallest absolute Gasteiger partial charge is 0.220 e. The Hall–Kier alpha value is -0.200. The van der Waals surface area contributed by atoms with Crippen LogP contribution in [-0.4, -0.2) is 36.6 Å². The van der Waals surface area contributed by atoms with Crippen LogP contribution in [0.4, 0.5) is 0 Å². The van der Waals surface area contributed by atoms with Crippen molar-refractivity contribution >= 4 is 27.2 Å². The lowest BCUT2D eigenvalue weighted by Crippen LogP contribution is -2.42. The van der Waals surface area contributed by atoms with E-state index < -0.39 is 10.0 Å². The summed E-state index contributed by atoms with van der Waals surface area (Å²) < 4.78 is 25.2. The topological polar surface area (TPSA) is 63.4 Å². The molecule has 0 aliphatic carbocycles. The minimum atomic E-state index is -3.26. The van der Waals surface area contributed by atoms with Gasteiger partial charge in [0.05, 0.1) is 4.99 Å². The largest absolute Gasteiger partial charge is 0.392 e. The third-order valence-electron chi connectivity index (χ3n) is 2.78. The van der Waals surface area contributed by atoms with Gasteiger partial charge in [0.2, 0.25) is 10.0 Å². The van der Waals surface area contributed by atoms with E-state index in [0.717, 1.165) is 19.3 Å². The average Bonchev–Trinajstić information content (AvgIpc) is 2.16. The molecule has 0 aromatic carbocycles. The van der Waals surface area contributed by atoms with Crippen LogP contribution < -0.4 is 5.73 Å². The number of nitrogens with zero attached hydrogens (tertiary/aromatic N) is 1. The van der Waals surface area contributed by atoms with Crippen LogP contribution in [0.1, 0.15) is 26.2 Å². The molecule has 0 amide bonds. The third kappa shape index (κ3) is 3.70. The second kappa shape index (κ2) is 5.23. The number of hydrogen-bond acceptors (Lipinski definition) is 3. The number of nitrogens with two attached hydrogens (primary N) is 1. The highest BCUT2D eigenvalue weighted by Gasteiger charge is 2.28. The van der Waals surface area contributed by atoms with E-state index >= 15 is 0 Å². The Balaban J connectivity index is 2.66. The van der Waals surface area contributed by atoms with E-state index in [0.29, 0.717) is 19.0 Å². The van der Waals surface area contributed by atoms with Crippen molar-refractivity contribution in [2.45, 2.75) is 26.2 Å². The highest BCUT2D eigenvalue weighted by Crippen LogP contribution is 2.21. The Morgan fingerprint density at radius 3 is 2.80 bits per heavy atom. The summed E-state index contributed by atoms with van der Waals surface area (Å²) in [4.78, 5) is 0.0496. The summed E-state index contributed by atoms with van der Waals surface area (Å²) in [6, 6.07) is 0. The van der Waals surface area contributed by atoms with Crippen LogP contribution in [0.2, 0.25) is 0 Å². The number of piperidine rings is 1. The lowest BCUT2D eigenvalue weighted by Gasteiger charge is -2.31. The van der Waals surface area contributed by atoms with Crippen molar-refractivity contribution in [3.63, 3.8) is 0 Å². The Kier molecular flexibility index (Phi) is 4.48. The summed E-state index contributed by atoms with van der Waals surface area (Å²) in [7, 11) is -3.26. The zero-order valence-corrected chi connectivity index (χ0v) is 10.6. The second-order valence-corrected chi connectivity index (χ2v) is 6.49. The number of hydrogen-bond donors (Lipinski definition) is 1. The van der Waals surface area contributed by atoms with E-state index in [2.05, 4.69) is 19.1 Å². The number of thiocarbonyl (C=S) groups is 1. The summed E-state index contributed by atoms with van der Waals surface area (Å²) in [6.07, 6.45) is 3.09. The summed E-state index contributed by atoms with van der Waals surface area (Å²) >= 11 is 4.64. The number of rotatable bonds is 4. The quantitative estimate of drug-likeness (QED) is 0.747. The van der Waals surface area contributed by atoms with Crippen molar-refractivity contribution in [2.24, 2.45) is 11.7 Å². The van der Waals surface area contributed by atoms with Gasteiger partial charge in [-0.3, -0.25) is 0 Å². The van der Waals surface area contributed by atoms with Gasteiger partial charge in [0.25, 0.3) is 0 Å². The maximum atomic E-state index is 11.8. The zero-order chi connectivity index (χ0) is 11.5. The molecule has 6 heteroatoms. The van der Waals surface area contributed by atoms with Crippen LogP contribution >= 0.6 is 12.2 Å². The van der Waals surface area contributed by atoms with Crippen molar-refractivity contribution in [2.75, 3.05) is 18.8 Å². The van der Waals surface area contributed by atoms with Gasteiger partial charge in [0.1, 0.15) is 5.75 Å². The number of sulfonamides is 1. The average molecular weight is 250 g/mol. The summed E-state index contributed by atoms with van der Waals surface area (Å²) in [5, 5.41) is 0. The van der Waals surface area contributed by atoms with Crippen LogP contribution in [0.25, 0.3) is 0 Å². The second-order valence-electron chi connectivity index (χ2n) is 4.00. The molecule has 1 rings (SSSR count). The first-order valence-electron chi connectivity index (χ1n) is 5.22. The van der Waals surface area contributed by atoms with Crippen molar-refractivity contribution in [3.8, 4) is 0 Å². The first-order valence-corrected chi connectivity index (χ1v) is 7.23. The fraction of sp³-hybridized carbons (Fsp3) is 0.889. The fourth-order valence-electron chi connectivity index (χ4n) is 1.88. The summed E-state index contributed by atoms with van der Waals surface area (Å²) in [5.74, 6) is 0.290. The van der Waals surface area contributed by atoms with Gasteiger partial charge in [-0.2, -0.15) is 0 Å². The molecule has 2 N–H and O–H groups in total. The third-order valence-corrected chi connectivity index (χ3v) is 4.90. The van der Waals surface area contributed by atoms with Crippen molar-refractivity contribution < 1.29 is 8.42 Å². The molecule has 0 spiro atoms. The molecule has 4 nitrogen and oxygen atoms in total. The van der Waals surface area contributed by atoms with Crippen molar-refractivity contribution in [3.05, 3.63) is 0 Å². The lowest BCUT2D eigenvalue weighted by atomic mass is 9.97. The fourth-order valence-corrected chi connectivity index (χ4v) is 3.72. The summed E-state index contributed by atoms with van der Waals surface area (Å²) in [5.41, 5.74) is 5.28. The zero-order valence-electron chi connectivity index (χ0n) is 8.98. The molecule has 1 aliphatic rings. The minimum absolute atomic E-state index is 0.0496. The Bertz CT molecular complexity index is 327. The van der Waals surface area contributed by atoms with E-state index in [1.165, 1.54) is 4.31 Å². The van der Waals surface area contributed by atoms with Gasteiger partial charge in [-0.05, 0) is 18.8 Å². The van der Waals surface area contributed by atoms with Crippen molar-refractivity contribution in [1.29, 1.82) is 0 Å². The van der Waals surface area contributed by atoms with Crippen LogP contribution in [-0.2, 0) is 10.0 Å². The minimum Gasteiger partial charge on any atom is -0.392 e. The van der Waals surface area contributed by atoms with E-state index in [1.54, 1.807) is 0 Å². The van der Waals surface area contributed by atoms with E-state index in [9.17, 15) is 8.42 Å². The molecule has 1 unspecified atom stereocenters. The molecule has 15 heavy (non-hydrogen) atoms. The van der Waals surface area contributed by atoms with Gasteiger partial charge in [0.15, 0.2) is 0 Å². The van der Waals surface area contributed by atoms with Gasteiger partial charge in [-0.25, -0.2) is 12.7 Å². The molecule has 0 aromatic heterocycles. The van der Waals surface area contributed by atoms with Crippen LogP contribution in [0, 0.1) is 5.92 Å². The molecule has 1 aliphatic heterocycles. The molecular formula is C9H18N2O2S2. The van der Waals surface area contributed by atoms with E-state index in [-0.39, 0.29) is 10.7 Å². The molecule has 1 fully saturated rings. The Morgan fingerprint density at radius 1 is 1.60 bits per heavy atom. The molecule has 0 bridgehead atoms. The molecule has 0 aromatic rings. The summed E-state index contributed by atoms with van der Waals surface area (Å²) in [6.45, 7) is 3.33. The molecule has 1 saturated heterocycles. The maximum Gasteiger partial charge on any atom is 0.220 e. The first kappa shape index (κ1) is 12.9. The van der Waals surface area contributed by atoms with Gasteiger partial charge in [0, 0.05) is 13.1 Å². The van der Waals surface area contributed by atoms with Gasteiger partial charge >= 0.3 is 0 Å². The molecule has 0 saturated carbocycles. The molecule has 0 radical (unpaired) electrons. The predicted molar refractivity (Wildman–Crippen MR) is 65.2 cm³/mol. The van der Waals surface area contributed by atoms with Crippen LogP contribution in [0.5, 0.6) is 0 Å². The first-order chi connectivity index (χ1) is 6.95. The predicted octanol–water partition coefficient (Wildman–Crippen LogP) is 0.724.